The number of aromatic nitrogens is 3. The highest BCUT2D eigenvalue weighted by molar-refractivity contribution is 7.10. The van der Waals surface area contributed by atoms with Gasteiger partial charge in [-0.05, 0) is 47.7 Å². The Bertz CT molecular complexity index is 918. The van der Waals surface area contributed by atoms with E-state index in [1.807, 2.05) is 11.4 Å². The van der Waals surface area contributed by atoms with Crippen molar-refractivity contribution in [1.29, 1.82) is 0 Å². The second-order valence-electron chi connectivity index (χ2n) is 5.90. The minimum absolute atomic E-state index is 0.172. The Morgan fingerprint density at radius 2 is 2.04 bits per heavy atom. The summed E-state index contributed by atoms with van der Waals surface area (Å²) >= 11 is 1.72. The molecule has 0 saturated heterocycles. The van der Waals surface area contributed by atoms with Crippen molar-refractivity contribution in [1.82, 2.24) is 19.7 Å². The van der Waals surface area contributed by atoms with Gasteiger partial charge in [-0.3, -0.25) is 4.79 Å². The quantitative estimate of drug-likeness (QED) is 0.659. The van der Waals surface area contributed by atoms with Crippen molar-refractivity contribution < 1.29 is 14.3 Å². The van der Waals surface area contributed by atoms with Gasteiger partial charge in [0.15, 0.2) is 6.61 Å². The lowest BCUT2D eigenvalue weighted by atomic mass is 10.1. The summed E-state index contributed by atoms with van der Waals surface area (Å²) in [5, 5.41) is 6.07. The molecule has 0 spiro atoms. The molecule has 1 aliphatic rings. The fourth-order valence-corrected chi connectivity index (χ4v) is 3.74. The topological polar surface area (TPSA) is 77.3 Å². The first-order valence-electron chi connectivity index (χ1n) is 8.16. The first kappa shape index (κ1) is 16.5. The number of thiophene rings is 1. The molecule has 0 fully saturated rings. The summed E-state index contributed by atoms with van der Waals surface area (Å²) < 4.78 is 6.77. The van der Waals surface area contributed by atoms with Crippen LogP contribution >= 0.6 is 11.3 Å². The van der Waals surface area contributed by atoms with E-state index in [9.17, 15) is 9.59 Å². The number of fused-ring (bicyclic) bond motifs is 1. The molecule has 0 N–H and O–H groups in total. The zero-order valence-electron chi connectivity index (χ0n) is 13.9. The predicted molar refractivity (Wildman–Crippen MR) is 95.1 cm³/mol. The lowest BCUT2D eigenvalue weighted by Gasteiger charge is -2.26. The van der Waals surface area contributed by atoms with Gasteiger partial charge < -0.3 is 9.64 Å². The molecule has 1 aliphatic heterocycles. The maximum atomic E-state index is 12.3. The van der Waals surface area contributed by atoms with Gasteiger partial charge in [0.1, 0.15) is 12.7 Å². The third-order valence-electron chi connectivity index (χ3n) is 4.27. The molecular weight excluding hydrogens is 352 g/mol. The molecule has 0 atom stereocenters. The maximum absolute atomic E-state index is 12.3. The van der Waals surface area contributed by atoms with Crippen molar-refractivity contribution in [2.24, 2.45) is 0 Å². The lowest BCUT2D eigenvalue weighted by Crippen LogP contribution is -2.38. The minimum atomic E-state index is -0.517. The Balaban J connectivity index is 1.33. The number of hydrogen-bond acceptors (Lipinski definition) is 6. The van der Waals surface area contributed by atoms with Crippen molar-refractivity contribution >= 4 is 23.2 Å². The van der Waals surface area contributed by atoms with Gasteiger partial charge in [-0.2, -0.15) is 5.10 Å². The predicted octanol–water partition coefficient (Wildman–Crippen LogP) is 2.07. The number of esters is 1. The number of amides is 1. The summed E-state index contributed by atoms with van der Waals surface area (Å²) in [5.41, 5.74) is 2.36. The molecule has 1 aromatic carbocycles. The van der Waals surface area contributed by atoms with Gasteiger partial charge in [0, 0.05) is 18.0 Å². The van der Waals surface area contributed by atoms with Crippen molar-refractivity contribution in [3.05, 3.63) is 64.4 Å². The molecule has 8 heteroatoms. The first-order valence-corrected chi connectivity index (χ1v) is 9.04. The third-order valence-corrected chi connectivity index (χ3v) is 5.30. The molecule has 0 bridgehead atoms. The van der Waals surface area contributed by atoms with E-state index in [1.165, 1.54) is 16.8 Å². The monoisotopic (exact) mass is 368 g/mol. The van der Waals surface area contributed by atoms with Crippen LogP contribution in [0.15, 0.2) is 48.4 Å². The van der Waals surface area contributed by atoms with Gasteiger partial charge in [-0.25, -0.2) is 14.5 Å². The van der Waals surface area contributed by atoms with Crippen LogP contribution in [0.1, 0.15) is 20.8 Å². The standard InChI is InChI=1S/C18H16N4O3S/c23-17(21-7-5-16-14(9-21)6-8-26-16)10-25-18(24)13-1-3-15(4-2-13)22-12-19-11-20-22/h1-4,6,8,11-12H,5,7,9-10H2. The second kappa shape index (κ2) is 7.09. The molecule has 3 aromatic rings. The van der Waals surface area contributed by atoms with E-state index in [0.717, 1.165) is 12.1 Å². The molecular formula is C18H16N4O3S. The number of hydrogen-bond donors (Lipinski definition) is 0. The van der Waals surface area contributed by atoms with Crippen LogP contribution in [-0.2, 0) is 22.5 Å². The molecule has 132 valence electrons. The van der Waals surface area contributed by atoms with Gasteiger partial charge in [0.25, 0.3) is 5.91 Å². The van der Waals surface area contributed by atoms with E-state index in [1.54, 1.807) is 51.5 Å². The molecule has 26 heavy (non-hydrogen) atoms. The van der Waals surface area contributed by atoms with Gasteiger partial charge in [0.05, 0.1) is 11.3 Å². The van der Waals surface area contributed by atoms with Crippen LogP contribution in [0, 0.1) is 0 Å². The van der Waals surface area contributed by atoms with Gasteiger partial charge in [0.2, 0.25) is 0 Å². The first-order chi connectivity index (χ1) is 12.7. The van der Waals surface area contributed by atoms with E-state index >= 15 is 0 Å². The summed E-state index contributed by atoms with van der Waals surface area (Å²) in [4.78, 5) is 31.4. The van der Waals surface area contributed by atoms with E-state index in [4.69, 9.17) is 4.74 Å². The highest BCUT2D eigenvalue weighted by atomic mass is 32.1. The normalized spacial score (nSPS) is 13.3. The fraction of sp³-hybridized carbons (Fsp3) is 0.222. The molecule has 4 rings (SSSR count). The van der Waals surface area contributed by atoms with E-state index in [0.29, 0.717) is 18.7 Å². The molecule has 1 amide bonds. The van der Waals surface area contributed by atoms with E-state index in [-0.39, 0.29) is 12.5 Å². The smallest absolute Gasteiger partial charge is 0.338 e. The Morgan fingerprint density at radius 3 is 2.81 bits per heavy atom. The second-order valence-corrected chi connectivity index (χ2v) is 6.90. The number of nitrogens with zero attached hydrogens (tertiary/aromatic N) is 4. The number of rotatable bonds is 4. The maximum Gasteiger partial charge on any atom is 0.338 e. The van der Waals surface area contributed by atoms with Crippen molar-refractivity contribution in [2.45, 2.75) is 13.0 Å². The molecule has 7 nitrogen and oxygen atoms in total. The van der Waals surface area contributed by atoms with Crippen LogP contribution < -0.4 is 0 Å². The lowest BCUT2D eigenvalue weighted by molar-refractivity contribution is -0.135. The average molecular weight is 368 g/mol. The number of ether oxygens (including phenoxy) is 1. The zero-order valence-corrected chi connectivity index (χ0v) is 14.7. The molecule has 0 aliphatic carbocycles. The summed E-state index contributed by atoms with van der Waals surface area (Å²) in [6.07, 6.45) is 3.87. The number of carbonyl (C=O) groups is 2. The summed E-state index contributed by atoms with van der Waals surface area (Å²) in [7, 11) is 0. The number of carbonyl (C=O) groups excluding carboxylic acids is 2. The zero-order chi connectivity index (χ0) is 17.9. The van der Waals surface area contributed by atoms with Crippen LogP contribution in [0.2, 0.25) is 0 Å². The van der Waals surface area contributed by atoms with E-state index in [2.05, 4.69) is 10.1 Å². The van der Waals surface area contributed by atoms with Crippen LogP contribution in [0.4, 0.5) is 0 Å². The van der Waals surface area contributed by atoms with Crippen molar-refractivity contribution in [3.63, 3.8) is 0 Å². The largest absolute Gasteiger partial charge is 0.452 e. The van der Waals surface area contributed by atoms with Crippen LogP contribution in [0.25, 0.3) is 5.69 Å². The Hall–Kier alpha value is -3.00. The molecule has 0 unspecified atom stereocenters. The van der Waals surface area contributed by atoms with Crippen LogP contribution in [0.3, 0.4) is 0 Å². The van der Waals surface area contributed by atoms with Gasteiger partial charge in [-0.15, -0.1) is 11.3 Å². The van der Waals surface area contributed by atoms with Crippen molar-refractivity contribution in [3.8, 4) is 5.69 Å². The van der Waals surface area contributed by atoms with Gasteiger partial charge in [-0.1, -0.05) is 0 Å². The highest BCUT2D eigenvalue weighted by Gasteiger charge is 2.22. The minimum Gasteiger partial charge on any atom is -0.452 e. The molecule has 2 aromatic heterocycles. The summed E-state index contributed by atoms with van der Waals surface area (Å²) in [6.45, 7) is 1.00. The fourth-order valence-electron chi connectivity index (χ4n) is 2.86. The third kappa shape index (κ3) is 3.36. The summed E-state index contributed by atoms with van der Waals surface area (Å²) in [5.74, 6) is -0.689. The summed E-state index contributed by atoms with van der Waals surface area (Å²) in [6, 6.07) is 8.82. The average Bonchev–Trinajstić information content (AvgIpc) is 3.37. The van der Waals surface area contributed by atoms with Gasteiger partial charge >= 0.3 is 5.97 Å². The Morgan fingerprint density at radius 1 is 1.19 bits per heavy atom. The molecule has 0 radical (unpaired) electrons. The molecule has 0 saturated carbocycles. The van der Waals surface area contributed by atoms with Crippen LogP contribution in [0.5, 0.6) is 0 Å². The highest BCUT2D eigenvalue weighted by Crippen LogP contribution is 2.24. The van der Waals surface area contributed by atoms with E-state index < -0.39 is 5.97 Å². The molecule has 3 heterocycles. The number of benzene rings is 1. The van der Waals surface area contributed by atoms with Crippen LogP contribution in [-0.4, -0.2) is 44.7 Å². The Labute approximate surface area is 153 Å². The SMILES string of the molecule is O=C(OCC(=O)N1CCc2sccc2C1)c1ccc(-n2cncn2)cc1. The Kier molecular flexibility index (Phi) is 4.49. The van der Waals surface area contributed by atoms with Crippen molar-refractivity contribution in [2.75, 3.05) is 13.2 Å².